The van der Waals surface area contributed by atoms with E-state index in [4.69, 9.17) is 5.73 Å². The summed E-state index contributed by atoms with van der Waals surface area (Å²) in [4.78, 5) is 11.7. The van der Waals surface area contributed by atoms with Gasteiger partial charge in [0.05, 0.1) is 6.04 Å². The second-order valence-corrected chi connectivity index (χ2v) is 3.71. The summed E-state index contributed by atoms with van der Waals surface area (Å²) in [5.41, 5.74) is 6.25. The molecule has 2 N–H and O–H groups in total. The zero-order valence-corrected chi connectivity index (χ0v) is 8.60. The zero-order valence-electron chi connectivity index (χ0n) is 8.60. The average molecular weight is 199 g/mol. The van der Waals surface area contributed by atoms with Gasteiger partial charge in [-0.3, -0.25) is 4.79 Å². The van der Waals surface area contributed by atoms with Gasteiger partial charge < -0.3 is 5.73 Å². The molecule has 0 amide bonds. The zero-order chi connectivity index (χ0) is 10.8. The third kappa shape index (κ3) is 1.90. The number of hydrogen-bond acceptors (Lipinski definition) is 2. The molecule has 2 nitrogen and oxygen atoms in total. The van der Waals surface area contributed by atoms with Gasteiger partial charge in [-0.05, 0) is 23.8 Å². The summed E-state index contributed by atoms with van der Waals surface area (Å²) in [6, 6.07) is 13.2. The fourth-order valence-corrected chi connectivity index (χ4v) is 1.61. The van der Waals surface area contributed by atoms with Gasteiger partial charge in [0.1, 0.15) is 0 Å². The molecule has 76 valence electrons. The van der Waals surface area contributed by atoms with Crippen LogP contribution in [0.5, 0.6) is 0 Å². The first-order valence-electron chi connectivity index (χ1n) is 4.97. The fourth-order valence-electron chi connectivity index (χ4n) is 1.61. The SMILES string of the molecule is C[C@@H](N)C(=O)c1ccc2ccccc2c1. The summed E-state index contributed by atoms with van der Waals surface area (Å²) >= 11 is 0. The smallest absolute Gasteiger partial charge is 0.179 e. The van der Waals surface area contributed by atoms with Crippen molar-refractivity contribution >= 4 is 16.6 Å². The van der Waals surface area contributed by atoms with Gasteiger partial charge in [0.2, 0.25) is 0 Å². The highest BCUT2D eigenvalue weighted by Gasteiger charge is 2.10. The average Bonchev–Trinajstić information content (AvgIpc) is 2.27. The van der Waals surface area contributed by atoms with Crippen LogP contribution in [0, 0.1) is 0 Å². The van der Waals surface area contributed by atoms with Gasteiger partial charge in [-0.2, -0.15) is 0 Å². The van der Waals surface area contributed by atoms with Gasteiger partial charge in [-0.25, -0.2) is 0 Å². The van der Waals surface area contributed by atoms with E-state index in [1.165, 1.54) is 0 Å². The van der Waals surface area contributed by atoms with Crippen LogP contribution in [0.1, 0.15) is 17.3 Å². The van der Waals surface area contributed by atoms with Crippen molar-refractivity contribution in [1.82, 2.24) is 0 Å². The lowest BCUT2D eigenvalue weighted by Crippen LogP contribution is -2.26. The van der Waals surface area contributed by atoms with Crippen molar-refractivity contribution in [2.75, 3.05) is 0 Å². The first-order valence-corrected chi connectivity index (χ1v) is 4.97. The quantitative estimate of drug-likeness (QED) is 0.754. The van der Waals surface area contributed by atoms with Crippen molar-refractivity contribution in [2.24, 2.45) is 5.73 Å². The lowest BCUT2D eigenvalue weighted by atomic mass is 10.0. The number of ketones is 1. The van der Waals surface area contributed by atoms with Crippen LogP contribution in [-0.4, -0.2) is 11.8 Å². The van der Waals surface area contributed by atoms with Crippen LogP contribution in [0.4, 0.5) is 0 Å². The molecule has 2 rings (SSSR count). The maximum absolute atomic E-state index is 11.7. The molecule has 0 fully saturated rings. The van der Waals surface area contributed by atoms with Crippen molar-refractivity contribution in [1.29, 1.82) is 0 Å². The molecule has 0 spiro atoms. The second-order valence-electron chi connectivity index (χ2n) is 3.71. The van der Waals surface area contributed by atoms with Gasteiger partial charge in [-0.1, -0.05) is 36.4 Å². The number of fused-ring (bicyclic) bond motifs is 1. The Balaban J connectivity index is 2.52. The van der Waals surface area contributed by atoms with E-state index in [1.807, 2.05) is 42.5 Å². The minimum absolute atomic E-state index is 0.0132. The maximum atomic E-state index is 11.7. The van der Waals surface area contributed by atoms with E-state index in [-0.39, 0.29) is 5.78 Å². The lowest BCUT2D eigenvalue weighted by Gasteiger charge is -2.05. The van der Waals surface area contributed by atoms with Gasteiger partial charge >= 0.3 is 0 Å². The highest BCUT2D eigenvalue weighted by molar-refractivity contribution is 6.02. The molecule has 15 heavy (non-hydrogen) atoms. The molecule has 0 heterocycles. The van der Waals surface area contributed by atoms with Crippen LogP contribution in [0.3, 0.4) is 0 Å². The Bertz CT molecular complexity index is 503. The van der Waals surface area contributed by atoms with Crippen LogP contribution in [0.2, 0.25) is 0 Å². The fraction of sp³-hybridized carbons (Fsp3) is 0.154. The number of rotatable bonds is 2. The van der Waals surface area contributed by atoms with Gasteiger partial charge in [-0.15, -0.1) is 0 Å². The minimum atomic E-state index is -0.439. The standard InChI is InChI=1S/C13H13NO/c1-9(14)13(15)12-7-6-10-4-2-3-5-11(10)8-12/h2-9H,14H2,1H3/t9-/m1/s1. The van der Waals surface area contributed by atoms with Gasteiger partial charge in [0, 0.05) is 5.56 Å². The highest BCUT2D eigenvalue weighted by atomic mass is 16.1. The van der Waals surface area contributed by atoms with E-state index in [2.05, 4.69) is 0 Å². The molecule has 0 saturated heterocycles. The second kappa shape index (κ2) is 3.83. The number of hydrogen-bond donors (Lipinski definition) is 1. The maximum Gasteiger partial charge on any atom is 0.179 e. The van der Waals surface area contributed by atoms with E-state index < -0.39 is 6.04 Å². The summed E-state index contributed by atoms with van der Waals surface area (Å²) in [6.45, 7) is 1.71. The van der Waals surface area contributed by atoms with Crippen LogP contribution in [-0.2, 0) is 0 Å². The molecule has 0 saturated carbocycles. The van der Waals surface area contributed by atoms with Crippen LogP contribution in [0.15, 0.2) is 42.5 Å². The van der Waals surface area contributed by atoms with E-state index in [0.29, 0.717) is 5.56 Å². The Hall–Kier alpha value is -1.67. The normalized spacial score (nSPS) is 12.7. The summed E-state index contributed by atoms with van der Waals surface area (Å²) in [5, 5.41) is 2.21. The van der Waals surface area contributed by atoms with E-state index in [0.717, 1.165) is 10.8 Å². The highest BCUT2D eigenvalue weighted by Crippen LogP contribution is 2.16. The summed E-state index contributed by atoms with van der Waals surface area (Å²) in [5.74, 6) is -0.0132. The molecule has 0 radical (unpaired) electrons. The Morgan fingerprint density at radius 2 is 1.80 bits per heavy atom. The number of carbonyl (C=O) groups excluding carboxylic acids is 1. The molecule has 0 aliphatic carbocycles. The summed E-state index contributed by atoms with van der Waals surface area (Å²) in [7, 11) is 0. The van der Waals surface area contributed by atoms with Crippen molar-refractivity contribution < 1.29 is 4.79 Å². The van der Waals surface area contributed by atoms with E-state index >= 15 is 0 Å². The molecule has 0 aliphatic rings. The summed E-state index contributed by atoms with van der Waals surface area (Å²) < 4.78 is 0. The van der Waals surface area contributed by atoms with Crippen LogP contribution >= 0.6 is 0 Å². The number of benzene rings is 2. The van der Waals surface area contributed by atoms with Crippen molar-refractivity contribution in [3.8, 4) is 0 Å². The van der Waals surface area contributed by atoms with Gasteiger partial charge in [0.25, 0.3) is 0 Å². The third-order valence-corrected chi connectivity index (χ3v) is 2.45. The van der Waals surface area contributed by atoms with Crippen molar-refractivity contribution in [3.05, 3.63) is 48.0 Å². The molecular weight excluding hydrogens is 186 g/mol. The Morgan fingerprint density at radius 3 is 2.47 bits per heavy atom. The lowest BCUT2D eigenvalue weighted by molar-refractivity contribution is 0.0968. The number of Topliss-reactive ketones (excluding diaryl/α,β-unsaturated/α-hetero) is 1. The predicted molar refractivity (Wildman–Crippen MR) is 61.9 cm³/mol. The molecule has 1 atom stereocenters. The molecule has 0 aliphatic heterocycles. The first-order chi connectivity index (χ1) is 7.18. The van der Waals surface area contributed by atoms with Crippen molar-refractivity contribution in [2.45, 2.75) is 13.0 Å². The predicted octanol–water partition coefficient (Wildman–Crippen LogP) is 2.37. The molecule has 0 unspecified atom stereocenters. The molecule has 2 aromatic carbocycles. The minimum Gasteiger partial charge on any atom is -0.321 e. The van der Waals surface area contributed by atoms with E-state index in [9.17, 15) is 4.79 Å². The number of carbonyl (C=O) groups is 1. The van der Waals surface area contributed by atoms with Gasteiger partial charge in [0.15, 0.2) is 5.78 Å². The van der Waals surface area contributed by atoms with Crippen LogP contribution < -0.4 is 5.73 Å². The monoisotopic (exact) mass is 199 g/mol. The molecule has 0 aromatic heterocycles. The van der Waals surface area contributed by atoms with Crippen LogP contribution in [0.25, 0.3) is 10.8 Å². The molecule has 0 bridgehead atoms. The first kappa shape index (κ1) is 9.87. The third-order valence-electron chi connectivity index (χ3n) is 2.45. The molecule has 2 heteroatoms. The largest absolute Gasteiger partial charge is 0.321 e. The topological polar surface area (TPSA) is 43.1 Å². The molecule has 2 aromatic rings. The molecular formula is C13H13NO. The van der Waals surface area contributed by atoms with Crippen molar-refractivity contribution in [3.63, 3.8) is 0 Å². The Morgan fingerprint density at radius 1 is 1.13 bits per heavy atom. The number of nitrogens with two attached hydrogens (primary N) is 1. The Kier molecular flexibility index (Phi) is 2.52. The summed E-state index contributed by atoms with van der Waals surface area (Å²) in [6.07, 6.45) is 0. The Labute approximate surface area is 88.7 Å². The van der Waals surface area contributed by atoms with E-state index in [1.54, 1.807) is 6.92 Å².